The average molecular weight is 239 g/mol. The Hall–Kier alpha value is -0.450. The molecule has 1 fully saturated rings. The van der Waals surface area contributed by atoms with Crippen LogP contribution in [0.25, 0.3) is 0 Å². The largest absolute Gasteiger partial charge is 0.315 e. The summed E-state index contributed by atoms with van der Waals surface area (Å²) in [7, 11) is 0. The quantitative estimate of drug-likeness (QED) is 0.767. The Morgan fingerprint density at radius 2 is 2.56 bits per heavy atom. The van der Waals surface area contributed by atoms with E-state index in [0.717, 1.165) is 25.4 Å². The summed E-state index contributed by atoms with van der Waals surface area (Å²) in [5.74, 6) is 0.881. The lowest BCUT2D eigenvalue weighted by atomic mass is 9.94. The molecule has 2 N–H and O–H groups in total. The SMILES string of the molecule is CC1CCNC(CNCCc2cscn2)C1. The number of rotatable bonds is 5. The molecular formula is C12H21N3S. The molecule has 1 aromatic rings. The molecule has 1 saturated heterocycles. The monoisotopic (exact) mass is 239 g/mol. The van der Waals surface area contributed by atoms with Crippen LogP contribution in [0.1, 0.15) is 25.5 Å². The molecule has 0 aliphatic carbocycles. The molecule has 1 aliphatic heterocycles. The second kappa shape index (κ2) is 6.33. The standard InChI is InChI=1S/C12H21N3S/c1-10-2-5-14-12(6-10)7-13-4-3-11-8-16-9-15-11/h8-10,12-14H,2-7H2,1H3. The highest BCUT2D eigenvalue weighted by Crippen LogP contribution is 2.14. The number of hydrogen-bond donors (Lipinski definition) is 2. The van der Waals surface area contributed by atoms with Crippen molar-refractivity contribution in [2.75, 3.05) is 19.6 Å². The molecule has 0 amide bonds. The molecule has 2 heterocycles. The van der Waals surface area contributed by atoms with E-state index in [0.29, 0.717) is 6.04 Å². The fraction of sp³-hybridized carbons (Fsp3) is 0.750. The average Bonchev–Trinajstić information content (AvgIpc) is 2.77. The topological polar surface area (TPSA) is 37.0 Å². The summed E-state index contributed by atoms with van der Waals surface area (Å²) < 4.78 is 0. The molecular weight excluding hydrogens is 218 g/mol. The lowest BCUT2D eigenvalue weighted by Gasteiger charge is -2.28. The van der Waals surface area contributed by atoms with Crippen LogP contribution in [-0.2, 0) is 6.42 Å². The normalized spacial score (nSPS) is 25.8. The highest BCUT2D eigenvalue weighted by Gasteiger charge is 2.17. The highest BCUT2D eigenvalue weighted by molar-refractivity contribution is 7.07. The van der Waals surface area contributed by atoms with Crippen molar-refractivity contribution in [2.45, 2.75) is 32.2 Å². The van der Waals surface area contributed by atoms with E-state index in [4.69, 9.17) is 0 Å². The third kappa shape index (κ3) is 3.85. The minimum absolute atomic E-state index is 0.666. The minimum atomic E-state index is 0.666. The Morgan fingerprint density at radius 3 is 3.31 bits per heavy atom. The van der Waals surface area contributed by atoms with Gasteiger partial charge in [0.05, 0.1) is 11.2 Å². The van der Waals surface area contributed by atoms with Crippen LogP contribution < -0.4 is 10.6 Å². The zero-order chi connectivity index (χ0) is 11.2. The van der Waals surface area contributed by atoms with Gasteiger partial charge in [0, 0.05) is 30.9 Å². The van der Waals surface area contributed by atoms with Crippen molar-refractivity contribution in [1.82, 2.24) is 15.6 Å². The lowest BCUT2D eigenvalue weighted by Crippen LogP contribution is -2.44. The van der Waals surface area contributed by atoms with Gasteiger partial charge in [-0.3, -0.25) is 0 Å². The lowest BCUT2D eigenvalue weighted by molar-refractivity contribution is 0.311. The van der Waals surface area contributed by atoms with Gasteiger partial charge in [0.15, 0.2) is 0 Å². The molecule has 1 aliphatic rings. The smallest absolute Gasteiger partial charge is 0.0794 e. The number of nitrogens with zero attached hydrogens (tertiary/aromatic N) is 1. The highest BCUT2D eigenvalue weighted by atomic mass is 32.1. The summed E-state index contributed by atoms with van der Waals surface area (Å²) in [6, 6.07) is 0.666. The van der Waals surface area contributed by atoms with Gasteiger partial charge >= 0.3 is 0 Å². The zero-order valence-electron chi connectivity index (χ0n) is 9.91. The van der Waals surface area contributed by atoms with Crippen molar-refractivity contribution < 1.29 is 0 Å². The van der Waals surface area contributed by atoms with Crippen molar-refractivity contribution in [2.24, 2.45) is 5.92 Å². The third-order valence-corrected chi connectivity index (χ3v) is 3.82. The van der Waals surface area contributed by atoms with E-state index in [1.165, 1.54) is 25.1 Å². The van der Waals surface area contributed by atoms with Crippen LogP contribution in [0.4, 0.5) is 0 Å². The van der Waals surface area contributed by atoms with Gasteiger partial charge in [0.2, 0.25) is 0 Å². The van der Waals surface area contributed by atoms with Gasteiger partial charge in [-0.1, -0.05) is 6.92 Å². The van der Waals surface area contributed by atoms with E-state index < -0.39 is 0 Å². The number of hydrogen-bond acceptors (Lipinski definition) is 4. The molecule has 16 heavy (non-hydrogen) atoms. The Kier molecular flexibility index (Phi) is 4.75. The number of piperidine rings is 1. The van der Waals surface area contributed by atoms with Gasteiger partial charge in [-0.25, -0.2) is 4.98 Å². The molecule has 0 saturated carbocycles. The van der Waals surface area contributed by atoms with E-state index in [2.05, 4.69) is 27.9 Å². The van der Waals surface area contributed by atoms with Gasteiger partial charge in [0.25, 0.3) is 0 Å². The minimum Gasteiger partial charge on any atom is -0.315 e. The first-order chi connectivity index (χ1) is 7.84. The van der Waals surface area contributed by atoms with E-state index in [-0.39, 0.29) is 0 Å². The Labute approximate surface area is 102 Å². The summed E-state index contributed by atoms with van der Waals surface area (Å²) >= 11 is 1.67. The molecule has 0 radical (unpaired) electrons. The molecule has 2 rings (SSSR count). The summed E-state index contributed by atoms with van der Waals surface area (Å²) in [6.45, 7) is 5.66. The van der Waals surface area contributed by atoms with Crippen molar-refractivity contribution in [3.8, 4) is 0 Å². The summed E-state index contributed by atoms with van der Waals surface area (Å²) in [4.78, 5) is 4.28. The zero-order valence-corrected chi connectivity index (χ0v) is 10.7. The molecule has 1 aromatic heterocycles. The van der Waals surface area contributed by atoms with Crippen LogP contribution in [0.2, 0.25) is 0 Å². The molecule has 3 nitrogen and oxygen atoms in total. The molecule has 90 valence electrons. The van der Waals surface area contributed by atoms with Crippen LogP contribution in [0.3, 0.4) is 0 Å². The van der Waals surface area contributed by atoms with Crippen LogP contribution in [-0.4, -0.2) is 30.7 Å². The van der Waals surface area contributed by atoms with E-state index in [9.17, 15) is 0 Å². The Bertz CT molecular complexity index is 286. The summed E-state index contributed by atoms with van der Waals surface area (Å²) in [5, 5.41) is 9.21. The van der Waals surface area contributed by atoms with Gasteiger partial charge in [0.1, 0.15) is 0 Å². The van der Waals surface area contributed by atoms with Crippen molar-refractivity contribution in [3.63, 3.8) is 0 Å². The predicted octanol–water partition coefficient (Wildman–Crippen LogP) is 1.66. The van der Waals surface area contributed by atoms with E-state index >= 15 is 0 Å². The van der Waals surface area contributed by atoms with Gasteiger partial charge in [-0.05, 0) is 25.3 Å². The molecule has 0 bridgehead atoms. The van der Waals surface area contributed by atoms with Crippen LogP contribution in [0.15, 0.2) is 10.9 Å². The third-order valence-electron chi connectivity index (χ3n) is 3.19. The van der Waals surface area contributed by atoms with Crippen LogP contribution >= 0.6 is 11.3 Å². The van der Waals surface area contributed by atoms with Crippen molar-refractivity contribution >= 4 is 11.3 Å². The molecule has 4 heteroatoms. The van der Waals surface area contributed by atoms with Crippen LogP contribution in [0, 0.1) is 5.92 Å². The van der Waals surface area contributed by atoms with E-state index in [1.54, 1.807) is 11.3 Å². The first-order valence-electron chi connectivity index (χ1n) is 6.16. The maximum Gasteiger partial charge on any atom is 0.0794 e. The second-order valence-electron chi connectivity index (χ2n) is 4.71. The van der Waals surface area contributed by atoms with Crippen LogP contribution in [0.5, 0.6) is 0 Å². The summed E-state index contributed by atoms with van der Waals surface area (Å²) in [6.07, 6.45) is 3.69. The van der Waals surface area contributed by atoms with Crippen molar-refractivity contribution in [1.29, 1.82) is 0 Å². The van der Waals surface area contributed by atoms with Crippen molar-refractivity contribution in [3.05, 3.63) is 16.6 Å². The molecule has 0 aromatic carbocycles. The first kappa shape index (κ1) is 12.0. The van der Waals surface area contributed by atoms with Gasteiger partial charge in [-0.2, -0.15) is 0 Å². The maximum atomic E-state index is 4.28. The summed E-state index contributed by atoms with van der Waals surface area (Å²) in [5.41, 5.74) is 3.11. The fourth-order valence-corrected chi connectivity index (χ4v) is 2.82. The second-order valence-corrected chi connectivity index (χ2v) is 5.43. The fourth-order valence-electron chi connectivity index (χ4n) is 2.23. The molecule has 0 spiro atoms. The number of nitrogens with one attached hydrogen (secondary N) is 2. The Balaban J connectivity index is 1.57. The number of aromatic nitrogens is 1. The van der Waals surface area contributed by atoms with Gasteiger partial charge < -0.3 is 10.6 Å². The first-order valence-corrected chi connectivity index (χ1v) is 7.10. The predicted molar refractivity (Wildman–Crippen MR) is 68.9 cm³/mol. The molecule has 2 unspecified atom stereocenters. The molecule has 2 atom stereocenters. The Morgan fingerprint density at radius 1 is 1.62 bits per heavy atom. The maximum absolute atomic E-state index is 4.28. The van der Waals surface area contributed by atoms with Gasteiger partial charge in [-0.15, -0.1) is 11.3 Å². The van der Waals surface area contributed by atoms with E-state index in [1.807, 2.05) is 5.51 Å². The number of thiazole rings is 1.